The Bertz CT molecular complexity index is 1380. The Labute approximate surface area is 201 Å². The number of rotatable bonds is 6. The third-order valence-corrected chi connectivity index (χ3v) is 8.30. The van der Waals surface area contributed by atoms with Crippen LogP contribution in [0.4, 0.5) is 11.4 Å². The van der Waals surface area contributed by atoms with Gasteiger partial charge >= 0.3 is 0 Å². The van der Waals surface area contributed by atoms with Gasteiger partial charge in [0.05, 0.1) is 17.1 Å². The van der Waals surface area contributed by atoms with Crippen molar-refractivity contribution in [1.29, 1.82) is 0 Å². The summed E-state index contributed by atoms with van der Waals surface area (Å²) >= 11 is 0. The quantitative estimate of drug-likeness (QED) is 0.398. The lowest BCUT2D eigenvalue weighted by Gasteiger charge is -2.34. The van der Waals surface area contributed by atoms with Crippen molar-refractivity contribution in [3.63, 3.8) is 0 Å². The minimum atomic E-state index is -3.83. The molecule has 1 fully saturated rings. The molecule has 0 atom stereocenters. The lowest BCUT2D eigenvalue weighted by molar-refractivity contribution is 0.313. The predicted molar refractivity (Wildman–Crippen MR) is 140 cm³/mol. The summed E-state index contributed by atoms with van der Waals surface area (Å²) in [5.41, 5.74) is 2.67. The molecule has 1 heterocycles. The molecule has 0 amide bonds. The zero-order valence-corrected chi connectivity index (χ0v) is 20.2. The second kappa shape index (κ2) is 9.49. The highest BCUT2D eigenvalue weighted by Gasteiger charge is 2.28. The Balaban J connectivity index is 1.60. The number of fused-ring (bicyclic) bond motifs is 1. The van der Waals surface area contributed by atoms with E-state index >= 15 is 0 Å². The van der Waals surface area contributed by atoms with Gasteiger partial charge in [-0.2, -0.15) is 0 Å². The molecule has 5 rings (SSSR count). The van der Waals surface area contributed by atoms with E-state index in [4.69, 9.17) is 0 Å². The van der Waals surface area contributed by atoms with Gasteiger partial charge in [-0.15, -0.1) is 0 Å². The summed E-state index contributed by atoms with van der Waals surface area (Å²) in [4.78, 5) is 4.97. The minimum absolute atomic E-state index is 0.262. The molecule has 0 radical (unpaired) electrons. The van der Waals surface area contributed by atoms with Crippen LogP contribution in [0, 0.1) is 0 Å². The van der Waals surface area contributed by atoms with E-state index in [0.717, 1.165) is 48.2 Å². The first kappa shape index (κ1) is 22.4. The SMILES string of the molecule is CN1CCN(c2cccc(N(Cc3ccccc3)S(=O)(=O)c3cccc4ccccc34)c2)CC1. The maximum atomic E-state index is 14.2. The lowest BCUT2D eigenvalue weighted by atomic mass is 10.1. The van der Waals surface area contributed by atoms with Crippen LogP contribution >= 0.6 is 0 Å². The molecular weight excluding hydrogens is 442 g/mol. The fourth-order valence-corrected chi connectivity index (χ4v) is 6.18. The van der Waals surface area contributed by atoms with Crippen LogP contribution in [0.2, 0.25) is 0 Å². The van der Waals surface area contributed by atoms with Gasteiger partial charge in [0, 0.05) is 37.3 Å². The highest BCUT2D eigenvalue weighted by atomic mass is 32.2. The number of hydrogen-bond donors (Lipinski definition) is 0. The Morgan fingerprint density at radius 2 is 1.44 bits per heavy atom. The number of likely N-dealkylation sites (N-methyl/N-ethyl adjacent to an activating group) is 1. The van der Waals surface area contributed by atoms with Crippen molar-refractivity contribution >= 4 is 32.2 Å². The van der Waals surface area contributed by atoms with E-state index in [0.29, 0.717) is 10.6 Å². The largest absolute Gasteiger partial charge is 0.369 e. The van der Waals surface area contributed by atoms with Gasteiger partial charge in [0.1, 0.15) is 0 Å². The third kappa shape index (κ3) is 4.52. The number of piperazine rings is 1. The average molecular weight is 472 g/mol. The standard InChI is InChI=1S/C28H29N3O2S/c1-29-17-19-30(20-18-29)25-13-8-14-26(21-25)31(22-23-9-3-2-4-10-23)34(32,33)28-16-7-12-24-11-5-6-15-27(24)28/h2-16,21H,17-20,22H2,1H3. The molecule has 0 saturated carbocycles. The zero-order valence-electron chi connectivity index (χ0n) is 19.3. The second-order valence-electron chi connectivity index (χ2n) is 8.78. The zero-order chi connectivity index (χ0) is 23.5. The molecule has 0 N–H and O–H groups in total. The number of hydrogen-bond acceptors (Lipinski definition) is 4. The molecule has 0 spiro atoms. The second-order valence-corrected chi connectivity index (χ2v) is 10.6. The lowest BCUT2D eigenvalue weighted by Crippen LogP contribution is -2.44. The van der Waals surface area contributed by atoms with Gasteiger partial charge in [-0.05, 0) is 42.3 Å². The van der Waals surface area contributed by atoms with Crippen LogP contribution in [0.1, 0.15) is 5.56 Å². The van der Waals surface area contributed by atoms with Crippen LogP contribution in [-0.4, -0.2) is 46.5 Å². The van der Waals surface area contributed by atoms with Gasteiger partial charge in [0.15, 0.2) is 0 Å². The first-order chi connectivity index (χ1) is 16.5. The van der Waals surface area contributed by atoms with Crippen molar-refractivity contribution in [2.24, 2.45) is 0 Å². The first-order valence-corrected chi connectivity index (χ1v) is 13.0. The molecule has 34 heavy (non-hydrogen) atoms. The van der Waals surface area contributed by atoms with E-state index < -0.39 is 10.0 Å². The summed E-state index contributed by atoms with van der Waals surface area (Å²) in [7, 11) is -1.70. The van der Waals surface area contributed by atoms with Crippen molar-refractivity contribution in [2.75, 3.05) is 42.4 Å². The van der Waals surface area contributed by atoms with E-state index in [1.165, 1.54) is 0 Å². The summed E-state index contributed by atoms with van der Waals surface area (Å²) in [5, 5.41) is 1.65. The molecule has 4 aromatic carbocycles. The fraction of sp³-hybridized carbons (Fsp3) is 0.214. The van der Waals surface area contributed by atoms with Gasteiger partial charge in [-0.25, -0.2) is 8.42 Å². The summed E-state index contributed by atoms with van der Waals surface area (Å²) < 4.78 is 29.9. The van der Waals surface area contributed by atoms with E-state index in [-0.39, 0.29) is 6.54 Å². The highest BCUT2D eigenvalue weighted by molar-refractivity contribution is 7.93. The summed E-state index contributed by atoms with van der Waals surface area (Å²) in [6.07, 6.45) is 0. The van der Waals surface area contributed by atoms with Crippen molar-refractivity contribution in [3.05, 3.63) is 103 Å². The third-order valence-electron chi connectivity index (χ3n) is 6.47. The number of nitrogens with zero attached hydrogens (tertiary/aromatic N) is 3. The normalized spacial score (nSPS) is 14.9. The fourth-order valence-electron chi connectivity index (χ4n) is 4.51. The Morgan fingerprint density at radius 1 is 0.765 bits per heavy atom. The van der Waals surface area contributed by atoms with Crippen LogP contribution in [0.25, 0.3) is 10.8 Å². The van der Waals surface area contributed by atoms with Crippen LogP contribution in [0.5, 0.6) is 0 Å². The van der Waals surface area contributed by atoms with Crippen LogP contribution < -0.4 is 9.21 Å². The number of benzene rings is 4. The minimum Gasteiger partial charge on any atom is -0.369 e. The van der Waals surface area contributed by atoms with Gasteiger partial charge in [-0.1, -0.05) is 72.8 Å². The van der Waals surface area contributed by atoms with Crippen molar-refractivity contribution in [3.8, 4) is 0 Å². The molecule has 4 aromatic rings. The Morgan fingerprint density at radius 3 is 2.24 bits per heavy atom. The number of sulfonamides is 1. The first-order valence-electron chi connectivity index (χ1n) is 11.6. The van der Waals surface area contributed by atoms with E-state index in [1.54, 1.807) is 10.4 Å². The summed E-state index contributed by atoms with van der Waals surface area (Å²) in [6.45, 7) is 4.10. The van der Waals surface area contributed by atoms with Crippen molar-refractivity contribution in [2.45, 2.75) is 11.4 Å². The average Bonchev–Trinajstić information content (AvgIpc) is 2.88. The molecule has 1 aliphatic rings. The van der Waals surface area contributed by atoms with E-state index in [2.05, 4.69) is 22.9 Å². The summed E-state index contributed by atoms with van der Waals surface area (Å²) in [6, 6.07) is 30.8. The molecule has 5 nitrogen and oxygen atoms in total. The van der Waals surface area contributed by atoms with Crippen molar-refractivity contribution < 1.29 is 8.42 Å². The van der Waals surface area contributed by atoms with Gasteiger partial charge < -0.3 is 9.80 Å². The Hall–Kier alpha value is -3.35. The molecule has 174 valence electrons. The molecule has 0 unspecified atom stereocenters. The smallest absolute Gasteiger partial charge is 0.265 e. The molecule has 0 aromatic heterocycles. The van der Waals surface area contributed by atoms with Gasteiger partial charge in [-0.3, -0.25) is 4.31 Å². The number of anilines is 2. The van der Waals surface area contributed by atoms with E-state index in [1.807, 2.05) is 84.9 Å². The molecule has 0 bridgehead atoms. The van der Waals surface area contributed by atoms with Gasteiger partial charge in [0.25, 0.3) is 10.0 Å². The molecule has 0 aliphatic carbocycles. The predicted octanol–water partition coefficient (Wildman–Crippen LogP) is 4.99. The highest BCUT2D eigenvalue weighted by Crippen LogP contribution is 2.32. The molecule has 1 aliphatic heterocycles. The van der Waals surface area contributed by atoms with Crippen molar-refractivity contribution in [1.82, 2.24) is 4.90 Å². The topological polar surface area (TPSA) is 43.9 Å². The molecular formula is C28H29N3O2S. The monoisotopic (exact) mass is 471 g/mol. The van der Waals surface area contributed by atoms with Gasteiger partial charge in [0.2, 0.25) is 0 Å². The van der Waals surface area contributed by atoms with Crippen LogP contribution in [0.3, 0.4) is 0 Å². The van der Waals surface area contributed by atoms with Crippen LogP contribution in [-0.2, 0) is 16.6 Å². The molecule has 6 heteroatoms. The maximum absolute atomic E-state index is 14.2. The van der Waals surface area contributed by atoms with E-state index in [9.17, 15) is 8.42 Å². The Kier molecular flexibility index (Phi) is 6.26. The molecule has 1 saturated heterocycles. The summed E-state index contributed by atoms with van der Waals surface area (Å²) in [5.74, 6) is 0. The van der Waals surface area contributed by atoms with Crippen LogP contribution in [0.15, 0.2) is 102 Å². The maximum Gasteiger partial charge on any atom is 0.265 e.